The van der Waals surface area contributed by atoms with Crippen LogP contribution in [0.15, 0.2) is 22.8 Å². The van der Waals surface area contributed by atoms with Crippen LogP contribution in [0.4, 0.5) is 0 Å². The second-order valence-electron chi connectivity index (χ2n) is 13.8. The highest BCUT2D eigenvalue weighted by molar-refractivity contribution is 5.88. The van der Waals surface area contributed by atoms with E-state index in [1.165, 1.54) is 12.8 Å². The van der Waals surface area contributed by atoms with E-state index < -0.39 is 12.2 Å². The minimum atomic E-state index is -0.716. The summed E-state index contributed by atoms with van der Waals surface area (Å²) in [4.78, 5) is 12.3. The molecule has 0 aromatic rings. The molecule has 1 aliphatic heterocycles. The molecule has 5 aliphatic rings. The van der Waals surface area contributed by atoms with Crippen molar-refractivity contribution >= 4 is 5.97 Å². The lowest BCUT2D eigenvalue weighted by atomic mass is 9.43. The second kappa shape index (κ2) is 7.68. The number of aliphatic hydroxyl groups excluding tert-OH is 2. The van der Waals surface area contributed by atoms with Gasteiger partial charge in [-0.3, -0.25) is 0 Å². The molecule has 0 radical (unpaired) electrons. The largest absolute Gasteiger partial charge is 0.456 e. The molecule has 9 unspecified atom stereocenters. The topological polar surface area (TPSA) is 66.8 Å². The van der Waals surface area contributed by atoms with Crippen molar-refractivity contribution in [3.63, 3.8) is 0 Å². The van der Waals surface area contributed by atoms with Crippen LogP contribution in [0.2, 0.25) is 0 Å². The van der Waals surface area contributed by atoms with Crippen molar-refractivity contribution in [2.24, 2.45) is 39.4 Å². The summed E-state index contributed by atoms with van der Waals surface area (Å²) in [5.41, 5.74) is 4.41. The van der Waals surface area contributed by atoms with Gasteiger partial charge in [-0.1, -0.05) is 52.7 Å². The molecule has 1 heterocycles. The molecule has 34 heavy (non-hydrogen) atoms. The van der Waals surface area contributed by atoms with Crippen LogP contribution in [0, 0.1) is 39.4 Å². The number of ether oxygens (including phenoxy) is 1. The van der Waals surface area contributed by atoms with Crippen molar-refractivity contribution in [3.8, 4) is 0 Å². The van der Waals surface area contributed by atoms with Gasteiger partial charge in [0.15, 0.2) is 0 Å². The molecular weight excluding hydrogens is 424 g/mol. The summed E-state index contributed by atoms with van der Waals surface area (Å²) in [6.45, 7) is 16.0. The third-order valence-corrected chi connectivity index (χ3v) is 12.3. The molecule has 2 saturated carbocycles. The van der Waals surface area contributed by atoms with Crippen LogP contribution < -0.4 is 0 Å². The van der Waals surface area contributed by atoms with Crippen molar-refractivity contribution in [2.75, 3.05) is 0 Å². The van der Waals surface area contributed by atoms with Crippen LogP contribution in [-0.4, -0.2) is 34.5 Å². The Morgan fingerprint density at radius 1 is 0.971 bits per heavy atom. The van der Waals surface area contributed by atoms with Crippen LogP contribution in [-0.2, 0) is 9.53 Å². The average molecular weight is 471 g/mol. The van der Waals surface area contributed by atoms with Crippen LogP contribution in [0.25, 0.3) is 0 Å². The lowest BCUT2D eigenvalue weighted by Crippen LogP contribution is -2.55. The van der Waals surface area contributed by atoms with Gasteiger partial charge in [0.25, 0.3) is 0 Å². The maximum Gasteiger partial charge on any atom is 0.333 e. The van der Waals surface area contributed by atoms with Gasteiger partial charge in [0, 0.05) is 5.57 Å². The highest BCUT2D eigenvalue weighted by atomic mass is 16.6. The van der Waals surface area contributed by atoms with E-state index in [1.54, 1.807) is 24.1 Å². The predicted molar refractivity (Wildman–Crippen MR) is 134 cm³/mol. The fraction of sp³-hybridized carbons (Fsp3) is 0.833. The van der Waals surface area contributed by atoms with Crippen LogP contribution >= 0.6 is 0 Å². The number of allylic oxidation sites excluding steroid dienone is 2. The van der Waals surface area contributed by atoms with Gasteiger partial charge < -0.3 is 14.9 Å². The molecule has 190 valence electrons. The van der Waals surface area contributed by atoms with Crippen molar-refractivity contribution in [2.45, 2.75) is 118 Å². The summed E-state index contributed by atoms with van der Waals surface area (Å²) in [6, 6.07) is 0. The van der Waals surface area contributed by atoms with E-state index in [-0.39, 0.29) is 39.7 Å². The molecule has 0 bridgehead atoms. The quantitative estimate of drug-likeness (QED) is 0.386. The number of carbonyl (C=O) groups is 1. The Bertz CT molecular complexity index is 945. The minimum Gasteiger partial charge on any atom is -0.456 e. The molecule has 9 atom stereocenters. The third kappa shape index (κ3) is 3.06. The number of rotatable bonds is 2. The molecule has 4 nitrogen and oxygen atoms in total. The van der Waals surface area contributed by atoms with Gasteiger partial charge in [-0.15, -0.1) is 0 Å². The molecule has 0 saturated heterocycles. The summed E-state index contributed by atoms with van der Waals surface area (Å²) < 4.78 is 5.78. The molecular formula is C30H46O4. The van der Waals surface area contributed by atoms with E-state index >= 15 is 0 Å². The Labute approximate surface area is 206 Å². The van der Waals surface area contributed by atoms with Crippen molar-refractivity contribution in [1.29, 1.82) is 0 Å². The Balaban J connectivity index is 1.49. The highest BCUT2D eigenvalue weighted by Gasteiger charge is 2.64. The minimum absolute atomic E-state index is 0.0352. The maximum absolute atomic E-state index is 12.3. The van der Waals surface area contributed by atoms with Gasteiger partial charge in [0.05, 0.1) is 6.10 Å². The van der Waals surface area contributed by atoms with Gasteiger partial charge >= 0.3 is 5.97 Å². The number of fused-ring (bicyclic) bond motifs is 4. The summed E-state index contributed by atoms with van der Waals surface area (Å²) in [6.07, 6.45) is 9.26. The Morgan fingerprint density at radius 2 is 1.68 bits per heavy atom. The lowest BCUT2D eigenvalue weighted by Gasteiger charge is -2.62. The maximum atomic E-state index is 12.3. The van der Waals surface area contributed by atoms with E-state index in [0.29, 0.717) is 17.4 Å². The summed E-state index contributed by atoms with van der Waals surface area (Å²) in [7, 11) is 0. The number of carbonyl (C=O) groups excluding carboxylic acids is 1. The number of hydrogen-bond acceptors (Lipinski definition) is 4. The molecule has 2 N–H and O–H groups in total. The van der Waals surface area contributed by atoms with Crippen molar-refractivity contribution < 1.29 is 19.7 Å². The third-order valence-electron chi connectivity index (χ3n) is 12.3. The molecule has 0 aromatic heterocycles. The first-order chi connectivity index (χ1) is 15.8. The zero-order valence-corrected chi connectivity index (χ0v) is 22.4. The summed E-state index contributed by atoms with van der Waals surface area (Å²) in [5.74, 6) is 0.794. The number of hydrogen-bond donors (Lipinski definition) is 2. The molecule has 4 heteroatoms. The number of aliphatic hydroxyl groups is 2. The van der Waals surface area contributed by atoms with Gasteiger partial charge in [-0.05, 0) is 104 Å². The van der Waals surface area contributed by atoms with Gasteiger partial charge in [-0.25, -0.2) is 4.79 Å². The first-order valence-electron chi connectivity index (χ1n) is 13.8. The molecule has 0 amide bonds. The molecule has 0 aromatic carbocycles. The molecule has 5 rings (SSSR count). The highest BCUT2D eigenvalue weighted by Crippen LogP contribution is 2.72. The van der Waals surface area contributed by atoms with E-state index in [2.05, 4.69) is 41.5 Å². The van der Waals surface area contributed by atoms with Crippen molar-refractivity contribution in [1.82, 2.24) is 0 Å². The van der Waals surface area contributed by atoms with Crippen LogP contribution in [0.1, 0.15) is 99.8 Å². The Morgan fingerprint density at radius 3 is 2.38 bits per heavy atom. The number of cyclic esters (lactones) is 1. The average Bonchev–Trinajstić information content (AvgIpc) is 3.05. The first kappa shape index (κ1) is 24.6. The summed E-state index contributed by atoms with van der Waals surface area (Å²) >= 11 is 0. The Hall–Kier alpha value is -1.13. The molecule has 4 aliphatic carbocycles. The molecule has 0 spiro atoms. The Kier molecular flexibility index (Phi) is 5.55. The second-order valence-corrected chi connectivity index (χ2v) is 13.8. The van der Waals surface area contributed by atoms with E-state index in [9.17, 15) is 15.0 Å². The van der Waals surface area contributed by atoms with Crippen LogP contribution in [0.5, 0.6) is 0 Å². The van der Waals surface area contributed by atoms with E-state index in [4.69, 9.17) is 4.74 Å². The van der Waals surface area contributed by atoms with Crippen LogP contribution in [0.3, 0.4) is 0 Å². The first-order valence-corrected chi connectivity index (χ1v) is 13.8. The fourth-order valence-corrected chi connectivity index (χ4v) is 9.91. The lowest BCUT2D eigenvalue weighted by molar-refractivity contribution is -0.159. The monoisotopic (exact) mass is 470 g/mol. The predicted octanol–water partition coefficient (Wildman–Crippen LogP) is 5.97. The van der Waals surface area contributed by atoms with E-state index in [0.717, 1.165) is 38.5 Å². The van der Waals surface area contributed by atoms with Gasteiger partial charge in [0.2, 0.25) is 0 Å². The SMILES string of the molecule is CC1=CC(O)C(C(C)C2CCC3(C)C4=C(CCC23C)C2(C)CCC(O)C(C)(C)C2CC4)OC1=O. The molecule has 2 fully saturated rings. The van der Waals surface area contributed by atoms with Gasteiger partial charge in [0.1, 0.15) is 12.2 Å². The fourth-order valence-electron chi connectivity index (χ4n) is 9.91. The standard InChI is InChI=1S/C30H46O4/c1-17-16-22(31)25(34-26(17)33)18(2)19-10-14-30(7)21-8-9-23-27(3,4)24(32)12-13-28(23,5)20(21)11-15-29(19,30)6/h16,18-19,22-25,31-32H,8-15H2,1-7H3. The normalized spacial score (nSPS) is 48.9. The smallest absolute Gasteiger partial charge is 0.333 e. The summed E-state index contributed by atoms with van der Waals surface area (Å²) in [5, 5.41) is 21.6. The zero-order chi connectivity index (χ0) is 24.8. The van der Waals surface area contributed by atoms with E-state index in [1.807, 2.05) is 0 Å². The van der Waals surface area contributed by atoms with Gasteiger partial charge in [-0.2, -0.15) is 0 Å². The zero-order valence-electron chi connectivity index (χ0n) is 22.4. The number of esters is 1. The van der Waals surface area contributed by atoms with Crippen molar-refractivity contribution in [3.05, 3.63) is 22.8 Å².